The third-order valence-electron chi connectivity index (χ3n) is 3.82. The van der Waals surface area contributed by atoms with Gasteiger partial charge in [0.05, 0.1) is 28.2 Å². The normalized spacial score (nSPS) is 11.4. The van der Waals surface area contributed by atoms with Crippen LogP contribution in [0.25, 0.3) is 0 Å². The Morgan fingerprint density at radius 2 is 0.857 bits per heavy atom. The topological polar surface area (TPSA) is 49.7 Å². The van der Waals surface area contributed by atoms with Crippen LogP contribution in [0.3, 0.4) is 0 Å². The average molecular weight is 378 g/mol. The fourth-order valence-corrected chi connectivity index (χ4v) is 2.88. The number of rotatable bonds is 5. The van der Waals surface area contributed by atoms with Crippen molar-refractivity contribution < 1.29 is 19.2 Å². The summed E-state index contributed by atoms with van der Waals surface area (Å²) < 4.78 is 6.71. The summed E-state index contributed by atoms with van der Waals surface area (Å²) in [4.78, 5) is 0. The van der Waals surface area contributed by atoms with Crippen molar-refractivity contribution >= 4 is 7.32 Å². The molecular formula is C23H29BNO3+. The largest absolute Gasteiger partial charge is 0.635 e. The molecule has 0 amide bonds. The molecular weight excluding hydrogens is 349 g/mol. The van der Waals surface area contributed by atoms with Gasteiger partial charge in [-0.05, 0) is 16.7 Å². The average Bonchev–Trinajstić information content (AvgIpc) is 2.67. The van der Waals surface area contributed by atoms with Crippen molar-refractivity contribution in [3.8, 4) is 0 Å². The van der Waals surface area contributed by atoms with Gasteiger partial charge in [-0.2, -0.15) is 0 Å². The summed E-state index contributed by atoms with van der Waals surface area (Å²) >= 11 is 0. The smallest absolute Gasteiger partial charge is 0.402 e. The fourth-order valence-electron chi connectivity index (χ4n) is 2.88. The van der Waals surface area contributed by atoms with Crippen LogP contribution in [0.15, 0.2) is 91.0 Å². The summed E-state index contributed by atoms with van der Waals surface area (Å²) in [6.07, 6.45) is 0. The van der Waals surface area contributed by atoms with Crippen LogP contribution in [0.5, 0.6) is 0 Å². The summed E-state index contributed by atoms with van der Waals surface area (Å²) in [5.41, 5.74) is 1.37. The van der Waals surface area contributed by atoms with Gasteiger partial charge in [-0.25, -0.2) is 0 Å². The van der Waals surface area contributed by atoms with Gasteiger partial charge in [0.25, 0.3) is 0 Å². The van der Waals surface area contributed by atoms with Gasteiger partial charge in [0, 0.05) is 0 Å². The summed E-state index contributed by atoms with van der Waals surface area (Å²) in [5.74, 6) is 0. The third-order valence-corrected chi connectivity index (χ3v) is 3.82. The Balaban J connectivity index is 0.000000500. The molecule has 28 heavy (non-hydrogen) atoms. The SMILES string of the molecule is C[N+](C)(C)C.OB(O)OC(c1ccccc1)(c1ccccc1)c1ccccc1. The second kappa shape index (κ2) is 9.67. The van der Waals surface area contributed by atoms with Crippen molar-refractivity contribution in [2.75, 3.05) is 28.2 Å². The highest BCUT2D eigenvalue weighted by Crippen LogP contribution is 2.40. The second-order valence-electron chi connectivity index (χ2n) is 7.91. The van der Waals surface area contributed by atoms with E-state index in [1.807, 2.05) is 91.0 Å². The van der Waals surface area contributed by atoms with E-state index in [1.165, 1.54) is 0 Å². The number of hydrogen-bond donors (Lipinski definition) is 2. The van der Waals surface area contributed by atoms with Crippen LogP contribution in [0.2, 0.25) is 0 Å². The lowest BCUT2D eigenvalue weighted by Crippen LogP contribution is -2.39. The molecule has 0 unspecified atom stereocenters. The van der Waals surface area contributed by atoms with Gasteiger partial charge in [-0.3, -0.25) is 0 Å². The Bertz CT molecular complexity index is 716. The molecule has 3 aromatic rings. The van der Waals surface area contributed by atoms with Gasteiger partial charge in [0.1, 0.15) is 5.60 Å². The predicted octanol–water partition coefficient (Wildman–Crippen LogP) is 3.29. The molecule has 0 saturated heterocycles. The van der Waals surface area contributed by atoms with Crippen molar-refractivity contribution in [2.24, 2.45) is 0 Å². The molecule has 0 radical (unpaired) electrons. The van der Waals surface area contributed by atoms with Crippen LogP contribution >= 0.6 is 0 Å². The quantitative estimate of drug-likeness (QED) is 0.407. The van der Waals surface area contributed by atoms with Gasteiger partial charge in [-0.1, -0.05) is 91.0 Å². The first-order valence-electron chi connectivity index (χ1n) is 9.23. The molecule has 3 rings (SSSR count). The van der Waals surface area contributed by atoms with Crippen molar-refractivity contribution in [1.29, 1.82) is 0 Å². The molecule has 0 heterocycles. The lowest BCUT2D eigenvalue weighted by atomic mass is 9.79. The number of benzene rings is 3. The van der Waals surface area contributed by atoms with Crippen molar-refractivity contribution in [3.05, 3.63) is 108 Å². The highest BCUT2D eigenvalue weighted by atomic mass is 16.6. The first kappa shape index (κ1) is 21.9. The zero-order valence-corrected chi connectivity index (χ0v) is 17.0. The van der Waals surface area contributed by atoms with Crippen LogP contribution in [0.1, 0.15) is 16.7 Å². The predicted molar refractivity (Wildman–Crippen MR) is 114 cm³/mol. The summed E-state index contributed by atoms with van der Waals surface area (Å²) in [6, 6.07) is 28.7. The molecule has 2 N–H and O–H groups in total. The standard InChI is InChI=1S/C19H17BO3.C4H12N/c21-20(22)23-19(16-10-4-1-5-11-16,17-12-6-2-7-13-17)18-14-8-3-9-15-18;1-5(2,3)4/h1-15,21-22H;1-4H3/q;+1. The zero-order chi connectivity index (χ0) is 20.6. The van der Waals surface area contributed by atoms with Gasteiger partial charge in [0.15, 0.2) is 0 Å². The molecule has 0 atom stereocenters. The van der Waals surface area contributed by atoms with E-state index in [0.717, 1.165) is 21.2 Å². The molecule has 0 aliphatic heterocycles. The van der Waals surface area contributed by atoms with Crippen LogP contribution in [-0.2, 0) is 10.3 Å². The first-order valence-corrected chi connectivity index (χ1v) is 9.23. The van der Waals surface area contributed by atoms with Gasteiger partial charge >= 0.3 is 7.32 Å². The maximum atomic E-state index is 9.61. The minimum atomic E-state index is -1.91. The molecule has 4 nitrogen and oxygen atoms in total. The Morgan fingerprint density at radius 1 is 0.607 bits per heavy atom. The maximum absolute atomic E-state index is 9.61. The van der Waals surface area contributed by atoms with Crippen LogP contribution < -0.4 is 0 Å². The van der Waals surface area contributed by atoms with E-state index in [9.17, 15) is 10.0 Å². The second-order valence-corrected chi connectivity index (χ2v) is 7.91. The molecule has 0 aromatic heterocycles. The van der Waals surface area contributed by atoms with Gasteiger partial charge in [-0.15, -0.1) is 0 Å². The Hall–Kier alpha value is -2.44. The fraction of sp³-hybridized carbons (Fsp3) is 0.217. The zero-order valence-electron chi connectivity index (χ0n) is 17.0. The van der Waals surface area contributed by atoms with Crippen molar-refractivity contribution in [1.82, 2.24) is 0 Å². The number of hydrogen-bond acceptors (Lipinski definition) is 3. The summed E-state index contributed by atoms with van der Waals surface area (Å²) in [6.45, 7) is 0. The van der Waals surface area contributed by atoms with E-state index in [2.05, 4.69) is 28.2 Å². The van der Waals surface area contributed by atoms with Crippen molar-refractivity contribution in [2.45, 2.75) is 5.60 Å². The van der Waals surface area contributed by atoms with E-state index >= 15 is 0 Å². The number of quaternary nitrogens is 1. The minimum absolute atomic E-state index is 0.825. The highest BCUT2D eigenvalue weighted by molar-refractivity contribution is 6.33. The lowest BCUT2D eigenvalue weighted by Gasteiger charge is -2.36. The van der Waals surface area contributed by atoms with E-state index in [1.54, 1.807) is 0 Å². The lowest BCUT2D eigenvalue weighted by molar-refractivity contribution is -0.849. The van der Waals surface area contributed by atoms with Crippen LogP contribution in [0, 0.1) is 0 Å². The molecule has 3 aromatic carbocycles. The van der Waals surface area contributed by atoms with Crippen LogP contribution in [0.4, 0.5) is 0 Å². The monoisotopic (exact) mass is 378 g/mol. The molecule has 0 fully saturated rings. The van der Waals surface area contributed by atoms with Gasteiger partial charge in [0.2, 0.25) is 0 Å². The van der Waals surface area contributed by atoms with E-state index in [4.69, 9.17) is 4.65 Å². The Labute approximate surface area is 168 Å². The molecule has 0 aliphatic carbocycles. The van der Waals surface area contributed by atoms with Crippen LogP contribution in [-0.4, -0.2) is 50.0 Å². The Morgan fingerprint density at radius 3 is 1.07 bits per heavy atom. The summed E-state index contributed by atoms with van der Waals surface area (Å²) in [7, 11) is 6.59. The molecule has 0 saturated carbocycles. The van der Waals surface area contributed by atoms with Gasteiger partial charge < -0.3 is 19.2 Å². The highest BCUT2D eigenvalue weighted by Gasteiger charge is 2.40. The third kappa shape index (κ3) is 6.04. The maximum Gasteiger partial charge on any atom is 0.635 e. The van der Waals surface area contributed by atoms with Crippen molar-refractivity contribution in [3.63, 3.8) is 0 Å². The van der Waals surface area contributed by atoms with E-state index < -0.39 is 12.9 Å². The summed E-state index contributed by atoms with van der Waals surface area (Å²) in [5, 5.41) is 19.2. The Kier molecular flexibility index (Phi) is 7.55. The number of nitrogens with zero attached hydrogens (tertiary/aromatic N) is 1. The van der Waals surface area contributed by atoms with E-state index in [-0.39, 0.29) is 0 Å². The molecule has 146 valence electrons. The molecule has 0 spiro atoms. The molecule has 0 aliphatic rings. The minimum Gasteiger partial charge on any atom is -0.402 e. The molecule has 0 bridgehead atoms. The first-order chi connectivity index (χ1) is 13.2. The molecule has 5 heteroatoms. The van der Waals surface area contributed by atoms with E-state index in [0.29, 0.717) is 0 Å².